The Kier molecular flexibility index (Phi) is 5.81. The second-order valence-electron chi connectivity index (χ2n) is 4.15. The number of nitrogens with two attached hydrogens (primary N) is 1. The summed E-state index contributed by atoms with van der Waals surface area (Å²) < 4.78 is 22.7. The van der Waals surface area contributed by atoms with Gasteiger partial charge in [0.1, 0.15) is 0 Å². The highest BCUT2D eigenvalue weighted by Gasteiger charge is 2.08. The molecule has 3 N–H and O–H groups in total. The molecule has 6 heteroatoms. The minimum absolute atomic E-state index is 0.257. The number of unbranched alkanes of at least 4 members (excludes halogenated alkanes) is 1. The molecule has 0 aliphatic heterocycles. The van der Waals surface area contributed by atoms with Gasteiger partial charge in [0.15, 0.2) is 9.84 Å². The van der Waals surface area contributed by atoms with Crippen LogP contribution in [0.3, 0.4) is 0 Å². The van der Waals surface area contributed by atoms with Crippen molar-refractivity contribution in [2.24, 2.45) is 0 Å². The van der Waals surface area contributed by atoms with Gasteiger partial charge in [0, 0.05) is 12.8 Å². The van der Waals surface area contributed by atoms with E-state index in [1.54, 1.807) is 12.1 Å². The quantitative estimate of drug-likeness (QED) is 0.594. The summed E-state index contributed by atoms with van der Waals surface area (Å²) in [7, 11) is -3.19. The van der Waals surface area contributed by atoms with Crippen molar-refractivity contribution in [3.63, 3.8) is 0 Å². The van der Waals surface area contributed by atoms with Crippen molar-refractivity contribution >= 4 is 33.0 Å². The molecule has 0 unspecified atom stereocenters. The van der Waals surface area contributed by atoms with E-state index in [1.807, 2.05) is 11.8 Å². The Bertz CT molecular complexity index is 487. The molecule has 0 amide bonds. The molecule has 4 nitrogen and oxygen atoms in total. The van der Waals surface area contributed by atoms with E-state index in [-0.39, 0.29) is 4.90 Å². The molecule has 0 saturated heterocycles. The van der Waals surface area contributed by atoms with Crippen molar-refractivity contribution in [2.45, 2.75) is 17.7 Å². The second-order valence-corrected chi connectivity index (χ2v) is 7.15. The summed E-state index contributed by atoms with van der Waals surface area (Å²) in [5, 5.41) is 3.22. The van der Waals surface area contributed by atoms with Gasteiger partial charge in [0.05, 0.1) is 16.3 Å². The van der Waals surface area contributed by atoms with Crippen LogP contribution in [0.1, 0.15) is 12.8 Å². The fourth-order valence-electron chi connectivity index (χ4n) is 1.53. The largest absolute Gasteiger partial charge is 0.397 e. The Morgan fingerprint density at radius 3 is 2.61 bits per heavy atom. The molecule has 0 aliphatic rings. The first-order valence-corrected chi connectivity index (χ1v) is 9.06. The summed E-state index contributed by atoms with van der Waals surface area (Å²) in [5.74, 6) is 1.16. The summed E-state index contributed by atoms with van der Waals surface area (Å²) >= 11 is 1.84. The van der Waals surface area contributed by atoms with Crippen LogP contribution in [0.2, 0.25) is 0 Å². The van der Waals surface area contributed by atoms with Crippen LogP contribution in [0.5, 0.6) is 0 Å². The summed E-state index contributed by atoms with van der Waals surface area (Å²) in [6, 6.07) is 4.80. The number of thioether (sulfide) groups is 1. The average Bonchev–Trinajstić information content (AvgIpc) is 2.29. The van der Waals surface area contributed by atoms with Gasteiger partial charge in [-0.25, -0.2) is 8.42 Å². The SMILES string of the molecule is CSCCCCNc1ccc(S(C)(=O)=O)cc1N. The van der Waals surface area contributed by atoms with Crippen LogP contribution in [0.25, 0.3) is 0 Å². The predicted molar refractivity (Wildman–Crippen MR) is 80.1 cm³/mol. The molecular formula is C12H20N2O2S2. The van der Waals surface area contributed by atoms with E-state index in [2.05, 4.69) is 11.6 Å². The monoisotopic (exact) mass is 288 g/mol. The molecule has 0 aromatic heterocycles. The maximum absolute atomic E-state index is 11.4. The Balaban J connectivity index is 2.58. The first-order valence-electron chi connectivity index (χ1n) is 5.77. The van der Waals surface area contributed by atoms with Crippen LogP contribution < -0.4 is 11.1 Å². The van der Waals surface area contributed by atoms with Crippen molar-refractivity contribution in [2.75, 3.05) is 35.9 Å². The van der Waals surface area contributed by atoms with Crippen molar-refractivity contribution < 1.29 is 8.42 Å². The zero-order chi connectivity index (χ0) is 13.6. The fraction of sp³-hybridized carbons (Fsp3) is 0.500. The fourth-order valence-corrected chi connectivity index (χ4v) is 2.68. The van der Waals surface area contributed by atoms with Crippen molar-refractivity contribution in [1.82, 2.24) is 0 Å². The van der Waals surface area contributed by atoms with E-state index >= 15 is 0 Å². The Hall–Kier alpha value is -0.880. The van der Waals surface area contributed by atoms with Crippen LogP contribution in [0.15, 0.2) is 23.1 Å². The van der Waals surface area contributed by atoms with Crippen molar-refractivity contribution in [3.05, 3.63) is 18.2 Å². The lowest BCUT2D eigenvalue weighted by molar-refractivity contribution is 0.602. The summed E-state index contributed by atoms with van der Waals surface area (Å²) in [4.78, 5) is 0.257. The number of sulfone groups is 1. The number of nitrogen functional groups attached to an aromatic ring is 1. The molecule has 0 fully saturated rings. The van der Waals surface area contributed by atoms with E-state index < -0.39 is 9.84 Å². The van der Waals surface area contributed by atoms with Crippen molar-refractivity contribution in [3.8, 4) is 0 Å². The topological polar surface area (TPSA) is 72.2 Å². The van der Waals surface area contributed by atoms with Gasteiger partial charge < -0.3 is 11.1 Å². The molecule has 0 aliphatic carbocycles. The first-order chi connectivity index (χ1) is 8.45. The lowest BCUT2D eigenvalue weighted by Crippen LogP contribution is -2.06. The van der Waals surface area contributed by atoms with Gasteiger partial charge >= 0.3 is 0 Å². The number of nitrogens with one attached hydrogen (secondary N) is 1. The molecule has 0 radical (unpaired) electrons. The highest BCUT2D eigenvalue weighted by molar-refractivity contribution is 7.98. The molecule has 0 heterocycles. The molecule has 102 valence electrons. The third kappa shape index (κ3) is 4.78. The molecule has 1 aromatic carbocycles. The van der Waals surface area contributed by atoms with Gasteiger partial charge in [-0.05, 0) is 43.0 Å². The standard InChI is InChI=1S/C12H20N2O2S2/c1-17-8-4-3-7-14-12-6-5-10(9-11(12)13)18(2,15)16/h5-6,9,14H,3-4,7-8,13H2,1-2H3. The van der Waals surface area contributed by atoms with Gasteiger partial charge in [-0.3, -0.25) is 0 Å². The molecule has 0 spiro atoms. The number of benzene rings is 1. The lowest BCUT2D eigenvalue weighted by Gasteiger charge is -2.10. The minimum Gasteiger partial charge on any atom is -0.397 e. The van der Waals surface area contributed by atoms with E-state index in [9.17, 15) is 8.42 Å². The van der Waals surface area contributed by atoms with E-state index in [0.29, 0.717) is 5.69 Å². The molecule has 0 bridgehead atoms. The zero-order valence-electron chi connectivity index (χ0n) is 10.8. The molecule has 0 atom stereocenters. The zero-order valence-corrected chi connectivity index (χ0v) is 12.4. The predicted octanol–water partition coefficient (Wildman–Crippen LogP) is 2.23. The third-order valence-corrected chi connectivity index (χ3v) is 4.35. The number of hydrogen-bond acceptors (Lipinski definition) is 5. The van der Waals surface area contributed by atoms with Crippen molar-refractivity contribution in [1.29, 1.82) is 0 Å². The van der Waals surface area contributed by atoms with Crippen LogP contribution in [-0.4, -0.2) is 33.2 Å². The molecule has 1 aromatic rings. The van der Waals surface area contributed by atoms with E-state index in [0.717, 1.165) is 30.8 Å². The number of rotatable bonds is 7. The lowest BCUT2D eigenvalue weighted by atomic mass is 10.2. The van der Waals surface area contributed by atoms with Gasteiger partial charge in [-0.1, -0.05) is 0 Å². The maximum atomic E-state index is 11.4. The molecule has 0 saturated carbocycles. The molecular weight excluding hydrogens is 268 g/mol. The number of anilines is 2. The minimum atomic E-state index is -3.19. The second kappa shape index (κ2) is 6.89. The summed E-state index contributed by atoms with van der Waals surface area (Å²) in [6.07, 6.45) is 5.51. The average molecular weight is 288 g/mol. The molecule has 1 rings (SSSR count). The molecule has 18 heavy (non-hydrogen) atoms. The van der Waals surface area contributed by atoms with Gasteiger partial charge in [-0.15, -0.1) is 0 Å². The van der Waals surface area contributed by atoms with Gasteiger partial charge in [0.2, 0.25) is 0 Å². The maximum Gasteiger partial charge on any atom is 0.175 e. The van der Waals surface area contributed by atoms with E-state index in [1.165, 1.54) is 12.3 Å². The summed E-state index contributed by atoms with van der Waals surface area (Å²) in [5.41, 5.74) is 7.10. The third-order valence-electron chi connectivity index (χ3n) is 2.54. The number of hydrogen-bond donors (Lipinski definition) is 2. The van der Waals surface area contributed by atoms with Crippen LogP contribution in [0.4, 0.5) is 11.4 Å². The van der Waals surface area contributed by atoms with E-state index in [4.69, 9.17) is 5.73 Å². The van der Waals surface area contributed by atoms with Crippen LogP contribution >= 0.6 is 11.8 Å². The van der Waals surface area contributed by atoms with Crippen LogP contribution in [0, 0.1) is 0 Å². The Labute approximate surface area is 113 Å². The highest BCUT2D eigenvalue weighted by atomic mass is 32.2. The Morgan fingerprint density at radius 1 is 1.33 bits per heavy atom. The van der Waals surface area contributed by atoms with Gasteiger partial charge in [0.25, 0.3) is 0 Å². The Morgan fingerprint density at radius 2 is 2.06 bits per heavy atom. The smallest absolute Gasteiger partial charge is 0.175 e. The van der Waals surface area contributed by atoms with Crippen LogP contribution in [-0.2, 0) is 9.84 Å². The normalized spacial score (nSPS) is 11.4. The summed E-state index contributed by atoms with van der Waals surface area (Å²) in [6.45, 7) is 0.850. The first kappa shape index (κ1) is 15.2. The van der Waals surface area contributed by atoms with Gasteiger partial charge in [-0.2, -0.15) is 11.8 Å². The highest BCUT2D eigenvalue weighted by Crippen LogP contribution is 2.22.